The van der Waals surface area contributed by atoms with Crippen LogP contribution in [-0.4, -0.2) is 51.7 Å². The van der Waals surface area contributed by atoms with Crippen molar-refractivity contribution in [3.05, 3.63) is 46.0 Å². The molecular formula is C20H25N5O4. The molecule has 1 fully saturated rings. The number of benzene rings is 1. The van der Waals surface area contributed by atoms with E-state index >= 15 is 0 Å². The maximum atomic E-state index is 12.3. The molecule has 2 aromatic heterocycles. The van der Waals surface area contributed by atoms with Gasteiger partial charge in [0.15, 0.2) is 11.4 Å². The minimum Gasteiger partial charge on any atom is -0.408 e. The first-order valence-electron chi connectivity index (χ1n) is 9.93. The van der Waals surface area contributed by atoms with Gasteiger partial charge in [-0.15, -0.1) is 0 Å². The van der Waals surface area contributed by atoms with Crippen molar-refractivity contribution >= 4 is 17.0 Å². The Morgan fingerprint density at radius 2 is 2.10 bits per heavy atom. The molecule has 3 heterocycles. The van der Waals surface area contributed by atoms with Crippen LogP contribution < -0.4 is 11.1 Å². The highest BCUT2D eigenvalue weighted by Gasteiger charge is 2.19. The molecule has 9 nitrogen and oxygen atoms in total. The lowest BCUT2D eigenvalue weighted by atomic mass is 9.99. The van der Waals surface area contributed by atoms with Crippen molar-refractivity contribution in [1.82, 2.24) is 24.9 Å². The van der Waals surface area contributed by atoms with Gasteiger partial charge in [-0.1, -0.05) is 18.1 Å². The van der Waals surface area contributed by atoms with Crippen molar-refractivity contribution in [2.24, 2.45) is 5.92 Å². The van der Waals surface area contributed by atoms with Gasteiger partial charge in [-0.25, -0.2) is 4.79 Å². The first-order valence-corrected chi connectivity index (χ1v) is 9.93. The van der Waals surface area contributed by atoms with E-state index in [2.05, 4.69) is 27.3 Å². The molecule has 0 atom stereocenters. The molecule has 1 aliphatic heterocycles. The summed E-state index contributed by atoms with van der Waals surface area (Å²) < 4.78 is 11.7. The zero-order chi connectivity index (χ0) is 20.4. The summed E-state index contributed by atoms with van der Waals surface area (Å²) in [5.74, 6) is 0.00353. The molecule has 0 spiro atoms. The number of nitrogens with one attached hydrogen (secondary N) is 1. The van der Waals surface area contributed by atoms with Gasteiger partial charge in [0, 0.05) is 13.1 Å². The molecule has 9 heteroatoms. The highest BCUT2D eigenvalue weighted by Crippen LogP contribution is 2.16. The van der Waals surface area contributed by atoms with E-state index in [9.17, 15) is 9.59 Å². The van der Waals surface area contributed by atoms with Gasteiger partial charge in [-0.2, -0.15) is 4.98 Å². The van der Waals surface area contributed by atoms with Gasteiger partial charge in [-0.3, -0.25) is 9.36 Å². The molecule has 1 aromatic carbocycles. The maximum absolute atomic E-state index is 12.3. The first-order chi connectivity index (χ1) is 14.0. The summed E-state index contributed by atoms with van der Waals surface area (Å²) in [5.41, 5.74) is 2.15. The smallest absolute Gasteiger partial charge is 0.408 e. The highest BCUT2D eigenvalue weighted by atomic mass is 16.5. The Morgan fingerprint density at radius 3 is 2.90 bits per heavy atom. The summed E-state index contributed by atoms with van der Waals surface area (Å²) >= 11 is 0. The molecule has 1 N–H and O–H groups in total. The Labute approximate surface area is 167 Å². The number of aromatic nitrogens is 3. The monoisotopic (exact) mass is 399 g/mol. The Kier molecular flexibility index (Phi) is 5.48. The molecule has 0 radical (unpaired) electrons. The number of carbonyl (C=O) groups is 1. The van der Waals surface area contributed by atoms with E-state index in [1.54, 1.807) is 6.07 Å². The predicted molar refractivity (Wildman–Crippen MR) is 106 cm³/mol. The molecule has 1 aliphatic rings. The molecule has 1 amide bonds. The van der Waals surface area contributed by atoms with Crippen LogP contribution in [0.3, 0.4) is 0 Å². The SMILES string of the molecule is Cc1ccc2oc(=O)n(Cc3noc(C(=O)NCCN4CCC(C)CC4)n3)c2c1. The molecule has 29 heavy (non-hydrogen) atoms. The van der Waals surface area contributed by atoms with E-state index in [0.29, 0.717) is 17.6 Å². The molecule has 154 valence electrons. The summed E-state index contributed by atoms with van der Waals surface area (Å²) in [6.07, 6.45) is 2.39. The average molecular weight is 399 g/mol. The van der Waals surface area contributed by atoms with E-state index in [-0.39, 0.29) is 18.3 Å². The van der Waals surface area contributed by atoms with Crippen LogP contribution in [0.15, 0.2) is 31.9 Å². The number of likely N-dealkylation sites (tertiary alicyclic amines) is 1. The van der Waals surface area contributed by atoms with Crippen LogP contribution in [0.5, 0.6) is 0 Å². The number of hydrogen-bond donors (Lipinski definition) is 1. The number of nitrogens with zero attached hydrogens (tertiary/aromatic N) is 4. The van der Waals surface area contributed by atoms with Gasteiger partial charge in [0.05, 0.1) is 12.1 Å². The average Bonchev–Trinajstić information content (AvgIpc) is 3.29. The van der Waals surface area contributed by atoms with Crippen LogP contribution in [0.1, 0.15) is 41.8 Å². The number of rotatable bonds is 6. The van der Waals surface area contributed by atoms with Crippen molar-refractivity contribution < 1.29 is 13.7 Å². The Morgan fingerprint density at radius 1 is 1.31 bits per heavy atom. The maximum Gasteiger partial charge on any atom is 0.420 e. The largest absolute Gasteiger partial charge is 0.420 e. The molecule has 0 unspecified atom stereocenters. The van der Waals surface area contributed by atoms with Crippen LogP contribution in [0.25, 0.3) is 11.1 Å². The van der Waals surface area contributed by atoms with E-state index in [1.165, 1.54) is 17.4 Å². The zero-order valence-electron chi connectivity index (χ0n) is 16.7. The van der Waals surface area contributed by atoms with E-state index in [1.807, 2.05) is 19.1 Å². The van der Waals surface area contributed by atoms with Crippen molar-refractivity contribution in [2.75, 3.05) is 26.2 Å². The summed E-state index contributed by atoms with van der Waals surface area (Å²) in [5, 5.41) is 6.64. The number of oxazole rings is 1. The second kappa shape index (κ2) is 8.20. The fourth-order valence-corrected chi connectivity index (χ4v) is 3.56. The Bertz CT molecular complexity index is 1060. The third-order valence-electron chi connectivity index (χ3n) is 5.37. The fourth-order valence-electron chi connectivity index (χ4n) is 3.56. The normalized spacial score (nSPS) is 15.8. The topological polar surface area (TPSA) is 106 Å². The van der Waals surface area contributed by atoms with Crippen LogP contribution in [0, 0.1) is 12.8 Å². The van der Waals surface area contributed by atoms with Gasteiger partial charge >= 0.3 is 17.6 Å². The molecule has 3 aromatic rings. The standard InChI is InChI=1S/C20H25N5O4/c1-13-5-8-24(9-6-13)10-7-21-18(26)19-22-17(23-29-19)12-25-15-11-14(2)3-4-16(15)28-20(25)27/h3-4,11,13H,5-10,12H2,1-2H3,(H,21,26). The first kappa shape index (κ1) is 19.4. The van der Waals surface area contributed by atoms with Crippen LogP contribution in [0.2, 0.25) is 0 Å². The van der Waals surface area contributed by atoms with Crippen LogP contribution in [0.4, 0.5) is 0 Å². The third-order valence-corrected chi connectivity index (χ3v) is 5.37. The lowest BCUT2D eigenvalue weighted by Gasteiger charge is -2.29. The van der Waals surface area contributed by atoms with Gasteiger partial charge < -0.3 is 19.2 Å². The number of aryl methyl sites for hydroxylation is 1. The van der Waals surface area contributed by atoms with Gasteiger partial charge in [0.2, 0.25) is 0 Å². The van der Waals surface area contributed by atoms with Crippen LogP contribution in [-0.2, 0) is 6.54 Å². The zero-order valence-corrected chi connectivity index (χ0v) is 16.7. The van der Waals surface area contributed by atoms with Gasteiger partial charge in [0.25, 0.3) is 0 Å². The summed E-state index contributed by atoms with van der Waals surface area (Å²) in [6.45, 7) is 7.73. The number of amides is 1. The number of carbonyl (C=O) groups excluding carboxylic acids is 1. The lowest BCUT2D eigenvalue weighted by Crippen LogP contribution is -2.39. The summed E-state index contributed by atoms with van der Waals surface area (Å²) in [6, 6.07) is 5.48. The van der Waals surface area contributed by atoms with Gasteiger partial charge in [-0.05, 0) is 56.5 Å². The number of piperidine rings is 1. The fraction of sp³-hybridized carbons (Fsp3) is 0.500. The number of hydrogen-bond acceptors (Lipinski definition) is 7. The predicted octanol–water partition coefficient (Wildman–Crippen LogP) is 1.80. The molecule has 0 aliphatic carbocycles. The van der Waals surface area contributed by atoms with Crippen molar-refractivity contribution in [2.45, 2.75) is 33.2 Å². The second-order valence-electron chi connectivity index (χ2n) is 7.72. The highest BCUT2D eigenvalue weighted by molar-refractivity contribution is 5.89. The van der Waals surface area contributed by atoms with E-state index in [0.717, 1.165) is 31.1 Å². The molecule has 1 saturated heterocycles. The third kappa shape index (κ3) is 4.40. The molecule has 0 saturated carbocycles. The van der Waals surface area contributed by atoms with Gasteiger partial charge in [0.1, 0.15) is 0 Å². The lowest BCUT2D eigenvalue weighted by molar-refractivity contribution is 0.0901. The van der Waals surface area contributed by atoms with Crippen molar-refractivity contribution in [3.63, 3.8) is 0 Å². The van der Waals surface area contributed by atoms with Crippen molar-refractivity contribution in [1.29, 1.82) is 0 Å². The Hall–Kier alpha value is -2.94. The summed E-state index contributed by atoms with van der Waals surface area (Å²) in [7, 11) is 0. The van der Waals surface area contributed by atoms with E-state index < -0.39 is 11.7 Å². The molecular weight excluding hydrogens is 374 g/mol. The summed E-state index contributed by atoms with van der Waals surface area (Å²) in [4.78, 5) is 30.9. The van der Waals surface area contributed by atoms with E-state index in [4.69, 9.17) is 8.94 Å². The van der Waals surface area contributed by atoms with Crippen LogP contribution >= 0.6 is 0 Å². The Balaban J connectivity index is 1.36. The minimum atomic E-state index is -0.503. The number of fused-ring (bicyclic) bond motifs is 1. The van der Waals surface area contributed by atoms with Crippen molar-refractivity contribution in [3.8, 4) is 0 Å². The quantitative estimate of drug-likeness (QED) is 0.673. The molecule has 4 rings (SSSR count). The minimum absolute atomic E-state index is 0.0675. The second-order valence-corrected chi connectivity index (χ2v) is 7.72. The molecule has 0 bridgehead atoms.